The second-order valence-electron chi connectivity index (χ2n) is 7.18. The molecule has 1 aliphatic carbocycles. The summed E-state index contributed by atoms with van der Waals surface area (Å²) in [5.41, 5.74) is 1.14. The smallest absolute Gasteiger partial charge is 0.225 e. The molecule has 1 N–H and O–H groups in total. The summed E-state index contributed by atoms with van der Waals surface area (Å²) in [6, 6.07) is 5.86. The van der Waals surface area contributed by atoms with Gasteiger partial charge in [0.1, 0.15) is 0 Å². The number of hydrogen-bond acceptors (Lipinski definition) is 6. The third kappa shape index (κ3) is 6.15. The van der Waals surface area contributed by atoms with Crippen LogP contribution in [0.3, 0.4) is 0 Å². The molecule has 2 fully saturated rings. The number of pyridine rings is 1. The van der Waals surface area contributed by atoms with Crippen LogP contribution in [-0.2, 0) is 6.54 Å². The number of hydrogen-bond donors (Lipinski definition) is 1. The van der Waals surface area contributed by atoms with Crippen molar-refractivity contribution >= 4 is 35.9 Å². The lowest BCUT2D eigenvalue weighted by Crippen LogP contribution is -2.52. The second kappa shape index (κ2) is 10.6. The molecule has 156 valence electrons. The molecule has 0 unspecified atom stereocenters. The molecular weight excluding hydrogens is 481 g/mol. The average Bonchev–Trinajstić information content (AvgIpc) is 3.59. The van der Waals surface area contributed by atoms with Gasteiger partial charge in [-0.1, -0.05) is 0 Å². The molecule has 0 atom stereocenters. The Morgan fingerprint density at radius 1 is 1.14 bits per heavy atom. The largest absolute Gasteiger partial charge is 0.477 e. The number of aromatic nitrogens is 3. The molecule has 1 aliphatic heterocycles. The Morgan fingerprint density at radius 2 is 1.90 bits per heavy atom. The summed E-state index contributed by atoms with van der Waals surface area (Å²) >= 11 is 0. The quantitative estimate of drug-likeness (QED) is 0.364. The number of anilines is 1. The molecule has 3 heterocycles. The molecule has 2 aromatic rings. The van der Waals surface area contributed by atoms with Crippen molar-refractivity contribution in [1.82, 2.24) is 25.2 Å². The van der Waals surface area contributed by atoms with E-state index in [4.69, 9.17) is 4.74 Å². The lowest BCUT2D eigenvalue weighted by molar-refractivity contribution is 0.288. The normalized spacial score (nSPS) is 16.9. The summed E-state index contributed by atoms with van der Waals surface area (Å²) in [5.74, 6) is 3.13. The highest BCUT2D eigenvalue weighted by Crippen LogP contribution is 2.29. The molecule has 0 bridgehead atoms. The van der Waals surface area contributed by atoms with Gasteiger partial charge in [-0.05, 0) is 36.5 Å². The SMILES string of the molecule is CN=C(NCc1ccnc(OCC2CC2)c1)N1CCN(c2ncccn2)CC1.I. The fourth-order valence-corrected chi connectivity index (χ4v) is 3.21. The highest BCUT2D eigenvalue weighted by Gasteiger charge is 2.22. The number of ether oxygens (including phenoxy) is 1. The minimum absolute atomic E-state index is 0. The first-order valence-electron chi connectivity index (χ1n) is 9.87. The molecule has 9 heteroatoms. The third-order valence-corrected chi connectivity index (χ3v) is 5.04. The van der Waals surface area contributed by atoms with Gasteiger partial charge in [0.15, 0.2) is 5.96 Å². The minimum Gasteiger partial charge on any atom is -0.477 e. The number of rotatable bonds is 6. The molecule has 1 saturated heterocycles. The topological polar surface area (TPSA) is 78.8 Å². The standard InChI is InChI=1S/C20H27N7O.HI/c1-21-19(26-9-11-27(12-10-26)20-23-6-2-7-24-20)25-14-17-5-8-22-18(13-17)28-15-16-3-4-16;/h2,5-8,13,16H,3-4,9-12,14-15H2,1H3,(H,21,25);1H. The molecule has 4 rings (SSSR count). The molecule has 0 aromatic carbocycles. The van der Waals surface area contributed by atoms with Gasteiger partial charge in [0.05, 0.1) is 6.61 Å². The lowest BCUT2D eigenvalue weighted by atomic mass is 10.2. The van der Waals surface area contributed by atoms with E-state index in [9.17, 15) is 0 Å². The van der Waals surface area contributed by atoms with E-state index in [0.717, 1.165) is 56.2 Å². The molecule has 0 amide bonds. The van der Waals surface area contributed by atoms with Crippen LogP contribution in [-0.4, -0.2) is 65.6 Å². The zero-order valence-corrected chi connectivity index (χ0v) is 19.0. The third-order valence-electron chi connectivity index (χ3n) is 5.04. The molecule has 8 nitrogen and oxygen atoms in total. The van der Waals surface area contributed by atoms with Crippen molar-refractivity contribution in [2.45, 2.75) is 19.4 Å². The zero-order valence-electron chi connectivity index (χ0n) is 16.7. The molecule has 2 aliphatic rings. The average molecular weight is 509 g/mol. The number of nitrogens with zero attached hydrogens (tertiary/aromatic N) is 6. The fourth-order valence-electron chi connectivity index (χ4n) is 3.21. The second-order valence-corrected chi connectivity index (χ2v) is 7.18. The number of nitrogens with one attached hydrogen (secondary N) is 1. The van der Waals surface area contributed by atoms with Crippen molar-refractivity contribution in [3.63, 3.8) is 0 Å². The van der Waals surface area contributed by atoms with Crippen molar-refractivity contribution in [2.24, 2.45) is 10.9 Å². The molecule has 29 heavy (non-hydrogen) atoms. The van der Waals surface area contributed by atoms with Gasteiger partial charge in [0, 0.05) is 64.4 Å². The maximum Gasteiger partial charge on any atom is 0.225 e. The van der Waals surface area contributed by atoms with Crippen LogP contribution in [0.1, 0.15) is 18.4 Å². The summed E-state index contributed by atoms with van der Waals surface area (Å²) in [5, 5.41) is 3.46. The van der Waals surface area contributed by atoms with Gasteiger partial charge in [0.25, 0.3) is 0 Å². The van der Waals surface area contributed by atoms with Crippen LogP contribution in [0, 0.1) is 5.92 Å². The number of halogens is 1. The van der Waals surface area contributed by atoms with Crippen molar-refractivity contribution in [2.75, 3.05) is 44.7 Å². The molecule has 0 spiro atoms. The molecule has 1 saturated carbocycles. The molecule has 0 radical (unpaired) electrons. The fraction of sp³-hybridized carbons (Fsp3) is 0.500. The van der Waals surface area contributed by atoms with Crippen LogP contribution in [0.4, 0.5) is 5.95 Å². The van der Waals surface area contributed by atoms with Crippen molar-refractivity contribution in [1.29, 1.82) is 0 Å². The van der Waals surface area contributed by atoms with Gasteiger partial charge in [-0.2, -0.15) is 0 Å². The summed E-state index contributed by atoms with van der Waals surface area (Å²) in [7, 11) is 1.83. The van der Waals surface area contributed by atoms with Gasteiger partial charge < -0.3 is 19.9 Å². The van der Waals surface area contributed by atoms with Crippen LogP contribution < -0.4 is 15.0 Å². The zero-order chi connectivity index (χ0) is 19.2. The number of guanidine groups is 1. The predicted octanol–water partition coefficient (Wildman–Crippen LogP) is 2.18. The first-order valence-corrected chi connectivity index (χ1v) is 9.87. The highest BCUT2D eigenvalue weighted by atomic mass is 127. The number of aliphatic imine (C=N–C) groups is 1. The van der Waals surface area contributed by atoms with Crippen LogP contribution in [0.25, 0.3) is 0 Å². The first-order chi connectivity index (χ1) is 13.8. The van der Waals surface area contributed by atoms with Gasteiger partial charge >= 0.3 is 0 Å². The lowest BCUT2D eigenvalue weighted by Gasteiger charge is -2.36. The van der Waals surface area contributed by atoms with Gasteiger partial charge in [0.2, 0.25) is 11.8 Å². The maximum absolute atomic E-state index is 5.78. The monoisotopic (exact) mass is 509 g/mol. The predicted molar refractivity (Wildman–Crippen MR) is 124 cm³/mol. The van der Waals surface area contributed by atoms with Crippen molar-refractivity contribution in [3.05, 3.63) is 42.4 Å². The van der Waals surface area contributed by atoms with E-state index in [1.54, 1.807) is 18.6 Å². The first kappa shape index (κ1) is 21.5. The van der Waals surface area contributed by atoms with Crippen molar-refractivity contribution < 1.29 is 4.74 Å². The van der Waals surface area contributed by atoms with E-state index < -0.39 is 0 Å². The Balaban J connectivity index is 0.00000240. The summed E-state index contributed by atoms with van der Waals surface area (Å²) in [6.07, 6.45) is 7.93. The summed E-state index contributed by atoms with van der Waals surface area (Å²) < 4.78 is 5.78. The maximum atomic E-state index is 5.78. The van der Waals surface area contributed by atoms with Crippen LogP contribution >= 0.6 is 24.0 Å². The Bertz CT molecular complexity index is 792. The summed E-state index contributed by atoms with van der Waals surface area (Å²) in [6.45, 7) is 4.98. The minimum atomic E-state index is 0. The van der Waals surface area contributed by atoms with E-state index >= 15 is 0 Å². The van der Waals surface area contributed by atoms with Gasteiger partial charge in [-0.3, -0.25) is 4.99 Å². The van der Waals surface area contributed by atoms with E-state index in [2.05, 4.69) is 35.1 Å². The van der Waals surface area contributed by atoms with E-state index in [1.165, 1.54) is 12.8 Å². The number of piperazine rings is 1. The van der Waals surface area contributed by atoms with Crippen molar-refractivity contribution in [3.8, 4) is 5.88 Å². The summed E-state index contributed by atoms with van der Waals surface area (Å²) in [4.78, 5) is 21.9. The Labute approximate surface area is 188 Å². The van der Waals surface area contributed by atoms with E-state index in [0.29, 0.717) is 12.4 Å². The Morgan fingerprint density at radius 3 is 2.59 bits per heavy atom. The molecule has 2 aromatic heterocycles. The van der Waals surface area contributed by atoms with Crippen LogP contribution in [0.15, 0.2) is 41.8 Å². The Kier molecular flexibility index (Phi) is 7.84. The Hall–Kier alpha value is -2.17. The van der Waals surface area contributed by atoms with Crippen LogP contribution in [0.5, 0.6) is 5.88 Å². The van der Waals surface area contributed by atoms with E-state index in [1.807, 2.05) is 25.2 Å². The van der Waals surface area contributed by atoms with Gasteiger partial charge in [-0.15, -0.1) is 24.0 Å². The molecular formula is C20H28IN7O. The van der Waals surface area contributed by atoms with Crippen LogP contribution in [0.2, 0.25) is 0 Å². The van der Waals surface area contributed by atoms with Gasteiger partial charge in [-0.25, -0.2) is 15.0 Å². The van der Waals surface area contributed by atoms with E-state index in [-0.39, 0.29) is 24.0 Å². The highest BCUT2D eigenvalue weighted by molar-refractivity contribution is 14.0.